The molecule has 0 aliphatic carbocycles. The molecular formula is C24H18Br2N4O3S. The van der Waals surface area contributed by atoms with Crippen molar-refractivity contribution in [2.45, 2.75) is 12.1 Å². The Bertz CT molecular complexity index is 1470. The quantitative estimate of drug-likeness (QED) is 0.138. The highest BCUT2D eigenvalue weighted by molar-refractivity contribution is 9.11. The molecule has 4 rings (SSSR count). The standard InChI is InChI=1S/C24H18Br2N4O3S/c1-14-6-8-17(9-7-14)30-23(33)18-4-2-3-5-20(18)28-24(30)34-13-21(31)29-27-12-15-10-16(25)11-19(26)22(15)32/h2-12,32H,13H2,1H3,(H,29,31). The number of benzene rings is 3. The van der Waals surface area contributed by atoms with E-state index in [1.165, 1.54) is 10.8 Å². The Morgan fingerprint density at radius 2 is 1.91 bits per heavy atom. The molecule has 0 saturated heterocycles. The first-order valence-corrected chi connectivity index (χ1v) is 12.6. The van der Waals surface area contributed by atoms with Crippen LogP contribution in [0.3, 0.4) is 0 Å². The number of fused-ring (bicyclic) bond motifs is 1. The van der Waals surface area contributed by atoms with Crippen molar-refractivity contribution in [2.75, 3.05) is 5.75 Å². The van der Waals surface area contributed by atoms with Crippen LogP contribution in [0.15, 0.2) is 84.7 Å². The second kappa shape index (κ2) is 10.5. The first-order chi connectivity index (χ1) is 16.3. The number of phenolic OH excluding ortho intramolecular Hbond substituents is 1. The van der Waals surface area contributed by atoms with E-state index in [0.29, 0.717) is 31.8 Å². The van der Waals surface area contributed by atoms with Crippen LogP contribution in [0.5, 0.6) is 5.75 Å². The minimum Gasteiger partial charge on any atom is -0.506 e. The Kier molecular flexibility index (Phi) is 7.50. The van der Waals surface area contributed by atoms with Crippen LogP contribution in [0.2, 0.25) is 0 Å². The van der Waals surface area contributed by atoms with Gasteiger partial charge in [-0.15, -0.1) is 0 Å². The SMILES string of the molecule is Cc1ccc(-n2c(SCC(=O)NN=Cc3cc(Br)cc(Br)c3O)nc3ccccc3c2=O)cc1. The number of aryl methyl sites for hydroxylation is 1. The molecule has 0 unspecified atom stereocenters. The van der Waals surface area contributed by atoms with E-state index in [4.69, 9.17) is 0 Å². The molecule has 1 heterocycles. The number of aromatic hydroxyl groups is 1. The number of halogens is 2. The van der Waals surface area contributed by atoms with Gasteiger partial charge in [-0.1, -0.05) is 57.5 Å². The Balaban J connectivity index is 1.56. The number of hydrazone groups is 1. The third kappa shape index (κ3) is 5.40. The van der Waals surface area contributed by atoms with Crippen LogP contribution >= 0.6 is 43.6 Å². The first-order valence-electron chi connectivity index (χ1n) is 10.0. The summed E-state index contributed by atoms with van der Waals surface area (Å²) in [4.78, 5) is 30.3. The molecule has 7 nitrogen and oxygen atoms in total. The maximum atomic E-state index is 13.2. The Labute approximate surface area is 216 Å². The van der Waals surface area contributed by atoms with E-state index in [1.807, 2.05) is 37.3 Å². The van der Waals surface area contributed by atoms with E-state index in [1.54, 1.807) is 30.3 Å². The van der Waals surface area contributed by atoms with Gasteiger partial charge < -0.3 is 5.11 Å². The number of thioether (sulfide) groups is 1. The van der Waals surface area contributed by atoms with Crippen molar-refractivity contribution in [3.63, 3.8) is 0 Å². The van der Waals surface area contributed by atoms with Crippen molar-refractivity contribution in [1.29, 1.82) is 0 Å². The van der Waals surface area contributed by atoms with Gasteiger partial charge in [0.2, 0.25) is 0 Å². The number of hydrogen-bond acceptors (Lipinski definition) is 6. The second-order valence-corrected chi connectivity index (χ2v) is 10.0. The molecule has 1 aromatic heterocycles. The summed E-state index contributed by atoms with van der Waals surface area (Å²) in [7, 11) is 0. The number of phenols is 1. The lowest BCUT2D eigenvalue weighted by atomic mass is 10.2. The van der Waals surface area contributed by atoms with Crippen molar-refractivity contribution in [3.8, 4) is 11.4 Å². The van der Waals surface area contributed by atoms with Crippen LogP contribution < -0.4 is 11.0 Å². The van der Waals surface area contributed by atoms with Crippen LogP contribution in [0.1, 0.15) is 11.1 Å². The average molecular weight is 602 g/mol. The summed E-state index contributed by atoms with van der Waals surface area (Å²) in [5.41, 5.74) is 4.97. The van der Waals surface area contributed by atoms with Crippen molar-refractivity contribution in [2.24, 2.45) is 5.10 Å². The lowest BCUT2D eigenvalue weighted by Gasteiger charge is -2.13. The Morgan fingerprint density at radius 1 is 1.18 bits per heavy atom. The molecule has 0 radical (unpaired) electrons. The van der Waals surface area contributed by atoms with Gasteiger partial charge in [0.25, 0.3) is 11.5 Å². The van der Waals surface area contributed by atoms with Gasteiger partial charge in [-0.2, -0.15) is 5.10 Å². The van der Waals surface area contributed by atoms with Crippen LogP contribution in [0, 0.1) is 6.92 Å². The second-order valence-electron chi connectivity index (χ2n) is 7.29. The molecule has 34 heavy (non-hydrogen) atoms. The number of nitrogens with zero attached hydrogens (tertiary/aromatic N) is 3. The molecule has 0 aliphatic rings. The van der Waals surface area contributed by atoms with Crippen molar-refractivity contribution in [3.05, 3.63) is 91.1 Å². The van der Waals surface area contributed by atoms with Gasteiger partial charge in [-0.3, -0.25) is 14.2 Å². The molecule has 1 amide bonds. The molecule has 10 heteroatoms. The zero-order chi connectivity index (χ0) is 24.2. The van der Waals surface area contributed by atoms with E-state index < -0.39 is 0 Å². The highest BCUT2D eigenvalue weighted by Crippen LogP contribution is 2.30. The fraction of sp³-hybridized carbons (Fsp3) is 0.0833. The summed E-state index contributed by atoms with van der Waals surface area (Å²) < 4.78 is 2.76. The molecule has 0 fully saturated rings. The molecule has 172 valence electrons. The smallest absolute Gasteiger partial charge is 0.266 e. The van der Waals surface area contributed by atoms with Crippen LogP contribution in [-0.2, 0) is 4.79 Å². The fourth-order valence-corrected chi connectivity index (χ4v) is 5.21. The van der Waals surface area contributed by atoms with E-state index in [0.717, 1.165) is 21.8 Å². The largest absolute Gasteiger partial charge is 0.506 e. The molecule has 0 bridgehead atoms. The summed E-state index contributed by atoms with van der Waals surface area (Å²) >= 11 is 7.74. The Hall–Kier alpha value is -2.95. The van der Waals surface area contributed by atoms with Crippen LogP contribution in [0.25, 0.3) is 16.6 Å². The number of nitrogens with one attached hydrogen (secondary N) is 1. The summed E-state index contributed by atoms with van der Waals surface area (Å²) in [6, 6.07) is 18.0. The zero-order valence-electron chi connectivity index (χ0n) is 17.8. The van der Waals surface area contributed by atoms with E-state index in [-0.39, 0.29) is 23.0 Å². The van der Waals surface area contributed by atoms with Gasteiger partial charge in [0, 0.05) is 10.0 Å². The first kappa shape index (κ1) is 24.2. The van der Waals surface area contributed by atoms with Crippen molar-refractivity contribution in [1.82, 2.24) is 15.0 Å². The number of carbonyl (C=O) groups is 1. The molecular weight excluding hydrogens is 584 g/mol. The number of para-hydroxylation sites is 1. The van der Waals surface area contributed by atoms with Crippen LogP contribution in [0.4, 0.5) is 0 Å². The summed E-state index contributed by atoms with van der Waals surface area (Å²) in [6.07, 6.45) is 1.35. The minimum atomic E-state index is -0.382. The van der Waals surface area contributed by atoms with Gasteiger partial charge in [-0.05, 0) is 59.3 Å². The molecule has 4 aromatic rings. The normalized spacial score (nSPS) is 11.3. The third-order valence-corrected chi connectivity index (χ3v) is 6.82. The monoisotopic (exact) mass is 600 g/mol. The number of hydrogen-bond donors (Lipinski definition) is 2. The van der Waals surface area contributed by atoms with Crippen LogP contribution in [-0.4, -0.2) is 32.5 Å². The highest BCUT2D eigenvalue weighted by Gasteiger charge is 2.15. The molecule has 0 aliphatic heterocycles. The topological polar surface area (TPSA) is 96.6 Å². The number of amides is 1. The lowest BCUT2D eigenvalue weighted by Crippen LogP contribution is -2.24. The van der Waals surface area contributed by atoms with Gasteiger partial charge >= 0.3 is 0 Å². The molecule has 0 saturated carbocycles. The average Bonchev–Trinajstić information content (AvgIpc) is 2.82. The van der Waals surface area contributed by atoms with Gasteiger partial charge in [-0.25, -0.2) is 10.4 Å². The van der Waals surface area contributed by atoms with Gasteiger partial charge in [0.1, 0.15) is 5.75 Å². The van der Waals surface area contributed by atoms with Crippen molar-refractivity contribution >= 4 is 66.6 Å². The maximum Gasteiger partial charge on any atom is 0.266 e. The third-order valence-electron chi connectivity index (χ3n) is 4.82. The summed E-state index contributed by atoms with van der Waals surface area (Å²) in [5.74, 6) is -0.381. The molecule has 2 N–H and O–H groups in total. The highest BCUT2D eigenvalue weighted by atomic mass is 79.9. The fourth-order valence-electron chi connectivity index (χ4n) is 3.15. The zero-order valence-corrected chi connectivity index (χ0v) is 21.8. The molecule has 0 spiro atoms. The predicted octanol–water partition coefficient (Wildman–Crippen LogP) is 5.17. The van der Waals surface area contributed by atoms with Gasteiger partial charge in [0.05, 0.1) is 33.0 Å². The molecule has 0 atom stereocenters. The number of aromatic nitrogens is 2. The molecule has 3 aromatic carbocycles. The van der Waals surface area contributed by atoms with E-state index in [2.05, 4.69) is 47.4 Å². The minimum absolute atomic E-state index is 0.0118. The maximum absolute atomic E-state index is 13.2. The van der Waals surface area contributed by atoms with Crippen molar-refractivity contribution < 1.29 is 9.90 Å². The number of carbonyl (C=O) groups excluding carboxylic acids is 1. The lowest BCUT2D eigenvalue weighted by molar-refractivity contribution is -0.118. The number of rotatable bonds is 6. The van der Waals surface area contributed by atoms with E-state index in [9.17, 15) is 14.7 Å². The van der Waals surface area contributed by atoms with E-state index >= 15 is 0 Å². The van der Waals surface area contributed by atoms with Gasteiger partial charge in [0.15, 0.2) is 5.16 Å². The predicted molar refractivity (Wildman–Crippen MR) is 142 cm³/mol. The summed E-state index contributed by atoms with van der Waals surface area (Å²) in [6.45, 7) is 1.97. The summed E-state index contributed by atoms with van der Waals surface area (Å²) in [5, 5.41) is 14.9. The Morgan fingerprint density at radius 3 is 2.68 bits per heavy atom.